The lowest BCUT2D eigenvalue weighted by molar-refractivity contribution is -0.114. The van der Waals surface area contributed by atoms with Gasteiger partial charge in [0.2, 0.25) is 0 Å². The molecule has 0 aromatic carbocycles. The quantitative estimate of drug-likeness (QED) is 0.516. The van der Waals surface area contributed by atoms with Crippen molar-refractivity contribution in [1.29, 1.82) is 0 Å². The third-order valence-corrected chi connectivity index (χ3v) is 1.81. The Balaban J connectivity index is 2.40. The van der Waals surface area contributed by atoms with E-state index in [4.69, 9.17) is 10.2 Å². The number of aliphatic hydroxyl groups is 2. The third-order valence-electron chi connectivity index (χ3n) is 1.81. The lowest BCUT2D eigenvalue weighted by Gasteiger charge is -2.14. The lowest BCUT2D eigenvalue weighted by Crippen LogP contribution is -2.34. The summed E-state index contributed by atoms with van der Waals surface area (Å²) in [4.78, 5) is 10.8. The first-order valence-electron chi connectivity index (χ1n) is 3.98. The van der Waals surface area contributed by atoms with Crippen LogP contribution in [0.4, 0.5) is 0 Å². The molecule has 0 saturated carbocycles. The molecule has 1 rings (SSSR count). The lowest BCUT2D eigenvalue weighted by atomic mass is 10.3. The third kappa shape index (κ3) is 2.32. The topological polar surface area (TPSA) is 69.6 Å². The van der Waals surface area contributed by atoms with Crippen LogP contribution in [0.3, 0.4) is 0 Å². The Hall–Kier alpha value is -0.870. The molecule has 0 saturated heterocycles. The highest BCUT2D eigenvalue weighted by molar-refractivity contribution is 5.92. The number of carbonyl (C=O) groups is 1. The number of carbonyl (C=O) groups excluding carboxylic acids is 1. The van der Waals surface area contributed by atoms with Crippen LogP contribution in [0.1, 0.15) is 12.8 Å². The van der Waals surface area contributed by atoms with Gasteiger partial charge < -0.3 is 15.5 Å². The van der Waals surface area contributed by atoms with Crippen LogP contribution in [0.2, 0.25) is 0 Å². The van der Waals surface area contributed by atoms with E-state index in [1.165, 1.54) is 6.08 Å². The average Bonchev–Trinajstić information content (AvgIpc) is 2.47. The maximum atomic E-state index is 10.8. The molecule has 0 heterocycles. The summed E-state index contributed by atoms with van der Waals surface area (Å²) in [5.41, 5.74) is 0.813. The van der Waals surface area contributed by atoms with Gasteiger partial charge in [-0.15, -0.1) is 0 Å². The predicted molar refractivity (Wildman–Crippen MR) is 43.4 cm³/mol. The van der Waals surface area contributed by atoms with E-state index in [9.17, 15) is 4.79 Å². The van der Waals surface area contributed by atoms with Crippen molar-refractivity contribution in [2.24, 2.45) is 0 Å². The standard InChI is InChI=1S/C8H13NO3/c10-4-7(5-11)9-6-1-2-8(12)3-6/h3,7,9-11H,1-2,4-5H2. The molecule has 0 fully saturated rings. The number of ketones is 1. The minimum absolute atomic E-state index is 0.104. The van der Waals surface area contributed by atoms with Crippen molar-refractivity contribution in [3.63, 3.8) is 0 Å². The van der Waals surface area contributed by atoms with Gasteiger partial charge in [0.05, 0.1) is 19.3 Å². The number of hydrogen-bond donors (Lipinski definition) is 3. The molecule has 0 aromatic rings. The van der Waals surface area contributed by atoms with E-state index in [1.807, 2.05) is 0 Å². The van der Waals surface area contributed by atoms with E-state index >= 15 is 0 Å². The van der Waals surface area contributed by atoms with Gasteiger partial charge in [-0.2, -0.15) is 0 Å². The summed E-state index contributed by atoms with van der Waals surface area (Å²) >= 11 is 0. The maximum Gasteiger partial charge on any atom is 0.157 e. The van der Waals surface area contributed by atoms with Gasteiger partial charge in [-0.25, -0.2) is 0 Å². The molecule has 0 aliphatic heterocycles. The van der Waals surface area contributed by atoms with Crippen molar-refractivity contribution in [3.05, 3.63) is 11.8 Å². The molecule has 4 heteroatoms. The Morgan fingerprint density at radius 3 is 2.50 bits per heavy atom. The van der Waals surface area contributed by atoms with Gasteiger partial charge in [0.1, 0.15) is 0 Å². The zero-order valence-electron chi connectivity index (χ0n) is 6.79. The zero-order chi connectivity index (χ0) is 8.97. The van der Waals surface area contributed by atoms with Crippen LogP contribution in [0.25, 0.3) is 0 Å². The second kappa shape index (κ2) is 4.23. The highest BCUT2D eigenvalue weighted by Gasteiger charge is 2.14. The van der Waals surface area contributed by atoms with Gasteiger partial charge in [-0.1, -0.05) is 0 Å². The van der Waals surface area contributed by atoms with Crippen molar-refractivity contribution < 1.29 is 15.0 Å². The Bertz CT molecular complexity index is 196. The highest BCUT2D eigenvalue weighted by atomic mass is 16.3. The summed E-state index contributed by atoms with van der Waals surface area (Å²) in [6.45, 7) is -0.246. The second-order valence-electron chi connectivity index (χ2n) is 2.84. The van der Waals surface area contributed by atoms with Crippen molar-refractivity contribution in [3.8, 4) is 0 Å². The monoisotopic (exact) mass is 171 g/mol. The van der Waals surface area contributed by atoms with Gasteiger partial charge in [0, 0.05) is 18.2 Å². The molecule has 1 aliphatic rings. The number of hydrogen-bond acceptors (Lipinski definition) is 4. The number of aliphatic hydroxyl groups excluding tert-OH is 2. The summed E-state index contributed by atoms with van der Waals surface area (Å²) in [5, 5.41) is 20.3. The van der Waals surface area contributed by atoms with Crippen LogP contribution in [-0.4, -0.2) is 35.3 Å². The molecular weight excluding hydrogens is 158 g/mol. The van der Waals surface area contributed by atoms with Crippen LogP contribution in [0, 0.1) is 0 Å². The predicted octanol–water partition coefficient (Wildman–Crippen LogP) is -0.824. The fourth-order valence-electron chi connectivity index (χ4n) is 1.12. The first-order valence-corrected chi connectivity index (χ1v) is 3.98. The summed E-state index contributed by atoms with van der Waals surface area (Å²) in [5.74, 6) is 0.104. The molecule has 0 amide bonds. The smallest absolute Gasteiger partial charge is 0.157 e. The Morgan fingerprint density at radius 2 is 2.08 bits per heavy atom. The highest BCUT2D eigenvalue weighted by Crippen LogP contribution is 2.12. The zero-order valence-corrected chi connectivity index (χ0v) is 6.79. The van der Waals surface area contributed by atoms with Crippen molar-refractivity contribution in [2.75, 3.05) is 13.2 Å². The van der Waals surface area contributed by atoms with E-state index in [0.717, 1.165) is 5.70 Å². The van der Waals surface area contributed by atoms with Gasteiger partial charge in [0.25, 0.3) is 0 Å². The summed E-state index contributed by atoms with van der Waals surface area (Å²) in [6, 6.07) is -0.345. The Labute approximate surface area is 70.9 Å². The van der Waals surface area contributed by atoms with Crippen LogP contribution >= 0.6 is 0 Å². The molecular formula is C8H13NO3. The number of nitrogens with one attached hydrogen (secondary N) is 1. The molecule has 0 bridgehead atoms. The molecule has 68 valence electrons. The summed E-state index contributed by atoms with van der Waals surface area (Å²) in [7, 11) is 0. The molecule has 4 nitrogen and oxygen atoms in total. The van der Waals surface area contributed by atoms with Gasteiger partial charge >= 0.3 is 0 Å². The largest absolute Gasteiger partial charge is 0.394 e. The SMILES string of the molecule is O=C1C=C(NC(CO)CO)CC1. The molecule has 1 aliphatic carbocycles. The number of rotatable bonds is 4. The Kier molecular flexibility index (Phi) is 3.25. The fraction of sp³-hybridized carbons (Fsp3) is 0.625. The minimum Gasteiger partial charge on any atom is -0.394 e. The van der Waals surface area contributed by atoms with E-state index < -0.39 is 0 Å². The molecule has 0 atom stereocenters. The van der Waals surface area contributed by atoms with Crippen molar-refractivity contribution in [2.45, 2.75) is 18.9 Å². The average molecular weight is 171 g/mol. The van der Waals surface area contributed by atoms with E-state index in [1.54, 1.807) is 0 Å². The molecule has 0 aromatic heterocycles. The molecule has 0 unspecified atom stereocenters. The minimum atomic E-state index is -0.345. The second-order valence-corrected chi connectivity index (χ2v) is 2.84. The van der Waals surface area contributed by atoms with Gasteiger partial charge in [-0.3, -0.25) is 4.79 Å². The first-order chi connectivity index (χ1) is 5.76. The van der Waals surface area contributed by atoms with Crippen molar-refractivity contribution >= 4 is 5.78 Å². The first kappa shape index (κ1) is 9.22. The van der Waals surface area contributed by atoms with Crippen molar-refractivity contribution in [1.82, 2.24) is 5.32 Å². The summed E-state index contributed by atoms with van der Waals surface area (Å²) in [6.07, 6.45) is 2.75. The maximum absolute atomic E-state index is 10.8. The normalized spacial score (nSPS) is 16.9. The van der Waals surface area contributed by atoms with E-state index in [-0.39, 0.29) is 25.0 Å². The number of allylic oxidation sites excluding steroid dienone is 2. The van der Waals surface area contributed by atoms with E-state index in [0.29, 0.717) is 12.8 Å². The van der Waals surface area contributed by atoms with Gasteiger partial charge in [-0.05, 0) is 6.42 Å². The van der Waals surface area contributed by atoms with Crippen LogP contribution in [0.15, 0.2) is 11.8 Å². The Morgan fingerprint density at radius 1 is 1.42 bits per heavy atom. The molecule has 0 radical (unpaired) electrons. The molecule has 0 spiro atoms. The fourth-order valence-corrected chi connectivity index (χ4v) is 1.12. The van der Waals surface area contributed by atoms with E-state index in [2.05, 4.69) is 5.32 Å². The van der Waals surface area contributed by atoms with Gasteiger partial charge in [0.15, 0.2) is 5.78 Å². The van der Waals surface area contributed by atoms with Crippen LogP contribution in [0.5, 0.6) is 0 Å². The molecule has 3 N–H and O–H groups in total. The molecule has 12 heavy (non-hydrogen) atoms. The van der Waals surface area contributed by atoms with Crippen LogP contribution in [-0.2, 0) is 4.79 Å². The van der Waals surface area contributed by atoms with Crippen LogP contribution < -0.4 is 5.32 Å². The summed E-state index contributed by atoms with van der Waals surface area (Å²) < 4.78 is 0.